The van der Waals surface area contributed by atoms with E-state index in [-0.39, 0.29) is 17.7 Å². The van der Waals surface area contributed by atoms with Crippen LogP contribution in [0.15, 0.2) is 41.3 Å². The molecule has 7 heteroatoms. The highest BCUT2D eigenvalue weighted by Gasteiger charge is 2.20. The molecule has 7 nitrogen and oxygen atoms in total. The average Bonchev–Trinajstić information content (AvgIpc) is 3.47. The number of aromatic nitrogens is 1. The Hall–Kier alpha value is -2.93. The molecule has 0 radical (unpaired) electrons. The molecule has 1 aliphatic carbocycles. The van der Waals surface area contributed by atoms with Crippen LogP contribution in [-0.2, 0) is 11.3 Å². The predicted octanol–water partition coefficient (Wildman–Crippen LogP) is 1.85. The van der Waals surface area contributed by atoms with Crippen LogP contribution in [0.5, 0.6) is 0 Å². The molecule has 1 fully saturated rings. The first-order valence-electron chi connectivity index (χ1n) is 9.29. The molecule has 1 saturated carbocycles. The number of nitrogens with two attached hydrogens (primary N) is 1. The second-order valence-corrected chi connectivity index (χ2v) is 6.66. The van der Waals surface area contributed by atoms with Gasteiger partial charge in [-0.15, -0.1) is 0 Å². The number of aryl methyl sites for hydroxylation is 1. The molecule has 0 saturated heterocycles. The highest BCUT2D eigenvalue weighted by molar-refractivity contribution is 5.98. The highest BCUT2D eigenvalue weighted by Crippen LogP contribution is 2.22. The molecule has 0 unspecified atom stereocenters. The van der Waals surface area contributed by atoms with Crippen molar-refractivity contribution in [2.75, 3.05) is 13.7 Å². The minimum atomic E-state index is -0.692. The summed E-state index contributed by atoms with van der Waals surface area (Å²) >= 11 is 0. The van der Waals surface area contributed by atoms with E-state index in [9.17, 15) is 14.4 Å². The number of rotatable bonds is 6. The van der Waals surface area contributed by atoms with Crippen molar-refractivity contribution in [3.63, 3.8) is 0 Å². The summed E-state index contributed by atoms with van der Waals surface area (Å²) in [5.41, 5.74) is 6.77. The van der Waals surface area contributed by atoms with Gasteiger partial charge < -0.3 is 20.4 Å². The lowest BCUT2D eigenvalue weighted by atomic mass is 10.1. The second-order valence-electron chi connectivity index (χ2n) is 6.66. The Labute approximate surface area is 164 Å². The number of pyridine rings is 1. The fraction of sp³-hybridized carbons (Fsp3) is 0.381. The molecule has 0 bridgehead atoms. The van der Waals surface area contributed by atoms with Crippen LogP contribution < -0.4 is 16.6 Å². The topological polar surface area (TPSA) is 103 Å². The largest absolute Gasteiger partial charge is 0.379 e. The number of amides is 2. The van der Waals surface area contributed by atoms with Crippen molar-refractivity contribution in [2.24, 2.45) is 5.73 Å². The van der Waals surface area contributed by atoms with Crippen molar-refractivity contribution in [3.8, 4) is 0 Å². The first-order valence-corrected chi connectivity index (χ1v) is 9.29. The smallest absolute Gasteiger partial charge is 0.263 e. The summed E-state index contributed by atoms with van der Waals surface area (Å²) in [4.78, 5) is 35.6. The molecule has 1 aliphatic rings. The second kappa shape index (κ2) is 9.85. The molecule has 150 valence electrons. The maximum atomic E-state index is 12.4. The van der Waals surface area contributed by atoms with Gasteiger partial charge in [0.05, 0.1) is 18.2 Å². The molecule has 2 amide bonds. The zero-order valence-corrected chi connectivity index (χ0v) is 16.5. The minimum absolute atomic E-state index is 0.105. The summed E-state index contributed by atoms with van der Waals surface area (Å²) in [5.74, 6) is -1.24. The Kier molecular flexibility index (Phi) is 7.52. The van der Waals surface area contributed by atoms with Crippen LogP contribution in [0.1, 0.15) is 51.6 Å². The number of nitrogens with one attached hydrogen (secondary N) is 1. The van der Waals surface area contributed by atoms with Crippen LogP contribution in [0, 0.1) is 6.92 Å². The summed E-state index contributed by atoms with van der Waals surface area (Å²) in [5, 5.41) is 2.38. The standard InChI is InChI=1S/C16H17N3O3.C5H10O/c1-10-4-3-5-11(6-10)8-19-9-12(14(17)20)7-13(16(19)22)15(21)18-2;1-2-6-5-3-4-5/h3-7,9H,8H2,1-2H3,(H2,17,20)(H,18,21);5H,2-4H2,1H3. The van der Waals surface area contributed by atoms with Gasteiger partial charge in [0.2, 0.25) is 5.91 Å². The summed E-state index contributed by atoms with van der Waals surface area (Å²) < 4.78 is 6.47. The Bertz CT molecular complexity index is 901. The molecule has 0 spiro atoms. The fourth-order valence-electron chi connectivity index (χ4n) is 2.66. The summed E-state index contributed by atoms with van der Waals surface area (Å²) in [6.07, 6.45) is 4.62. The van der Waals surface area contributed by atoms with Crippen molar-refractivity contribution in [1.82, 2.24) is 9.88 Å². The van der Waals surface area contributed by atoms with Gasteiger partial charge in [-0.3, -0.25) is 14.4 Å². The average molecular weight is 385 g/mol. The van der Waals surface area contributed by atoms with E-state index in [1.807, 2.05) is 38.1 Å². The number of carbonyl (C=O) groups excluding carboxylic acids is 2. The third-order valence-corrected chi connectivity index (χ3v) is 4.20. The number of hydrogen-bond donors (Lipinski definition) is 2. The van der Waals surface area contributed by atoms with E-state index in [1.165, 1.54) is 36.7 Å². The van der Waals surface area contributed by atoms with Crippen LogP contribution in [0.3, 0.4) is 0 Å². The predicted molar refractivity (Wildman–Crippen MR) is 108 cm³/mol. The van der Waals surface area contributed by atoms with E-state index < -0.39 is 17.4 Å². The van der Waals surface area contributed by atoms with Gasteiger partial charge in [0.25, 0.3) is 11.5 Å². The maximum absolute atomic E-state index is 12.4. The van der Waals surface area contributed by atoms with Gasteiger partial charge >= 0.3 is 0 Å². The Morgan fingerprint density at radius 2 is 2.00 bits per heavy atom. The van der Waals surface area contributed by atoms with E-state index in [4.69, 9.17) is 10.5 Å². The van der Waals surface area contributed by atoms with Gasteiger partial charge in [0, 0.05) is 19.9 Å². The third kappa shape index (κ3) is 6.06. The number of benzene rings is 1. The molecule has 2 aromatic rings. The number of nitrogens with zero attached hydrogens (tertiary/aromatic N) is 1. The first kappa shape index (κ1) is 21.4. The molecule has 1 aromatic carbocycles. The molecule has 0 aliphatic heterocycles. The van der Waals surface area contributed by atoms with Crippen molar-refractivity contribution in [1.29, 1.82) is 0 Å². The molecule has 1 heterocycles. The van der Waals surface area contributed by atoms with Crippen LogP contribution in [0.4, 0.5) is 0 Å². The summed E-state index contributed by atoms with van der Waals surface area (Å²) in [7, 11) is 1.42. The highest BCUT2D eigenvalue weighted by atomic mass is 16.5. The quantitative estimate of drug-likeness (QED) is 0.792. The Morgan fingerprint density at radius 1 is 1.29 bits per heavy atom. The molecule has 3 N–H and O–H groups in total. The molecular weight excluding hydrogens is 358 g/mol. The van der Waals surface area contributed by atoms with Crippen molar-refractivity contribution in [2.45, 2.75) is 39.3 Å². The minimum Gasteiger partial charge on any atom is -0.379 e. The SMILES string of the molecule is CCOC1CC1.CNC(=O)c1cc(C(N)=O)cn(Cc2cccc(C)c2)c1=O. The number of hydrogen-bond acceptors (Lipinski definition) is 4. The lowest BCUT2D eigenvalue weighted by Crippen LogP contribution is -2.33. The fourth-order valence-corrected chi connectivity index (χ4v) is 2.66. The van der Waals surface area contributed by atoms with Gasteiger partial charge in [0.1, 0.15) is 5.56 Å². The first-order chi connectivity index (χ1) is 13.3. The monoisotopic (exact) mass is 385 g/mol. The number of carbonyl (C=O) groups is 2. The van der Waals surface area contributed by atoms with Crippen molar-refractivity contribution >= 4 is 11.8 Å². The van der Waals surface area contributed by atoms with E-state index in [1.54, 1.807) is 0 Å². The normalized spacial score (nSPS) is 12.7. The maximum Gasteiger partial charge on any atom is 0.263 e. The number of ether oxygens (including phenoxy) is 1. The zero-order chi connectivity index (χ0) is 20.7. The zero-order valence-electron chi connectivity index (χ0n) is 16.5. The summed E-state index contributed by atoms with van der Waals surface area (Å²) in [6, 6.07) is 8.85. The molecule has 1 aromatic heterocycles. The van der Waals surface area contributed by atoms with Crippen molar-refractivity contribution < 1.29 is 14.3 Å². The van der Waals surface area contributed by atoms with E-state index in [0.717, 1.165) is 17.7 Å². The Balaban J connectivity index is 0.000000397. The van der Waals surface area contributed by atoms with E-state index >= 15 is 0 Å². The number of primary amides is 1. The molecule has 0 atom stereocenters. The van der Waals surface area contributed by atoms with E-state index in [0.29, 0.717) is 6.10 Å². The van der Waals surface area contributed by atoms with Crippen LogP contribution in [0.2, 0.25) is 0 Å². The lowest BCUT2D eigenvalue weighted by Gasteiger charge is -2.10. The Morgan fingerprint density at radius 3 is 2.50 bits per heavy atom. The van der Waals surface area contributed by atoms with Crippen LogP contribution in [0.25, 0.3) is 0 Å². The van der Waals surface area contributed by atoms with Gasteiger partial charge in [-0.2, -0.15) is 0 Å². The van der Waals surface area contributed by atoms with E-state index in [2.05, 4.69) is 5.32 Å². The molecule has 28 heavy (non-hydrogen) atoms. The third-order valence-electron chi connectivity index (χ3n) is 4.20. The van der Waals surface area contributed by atoms with Crippen LogP contribution >= 0.6 is 0 Å². The van der Waals surface area contributed by atoms with Crippen LogP contribution in [-0.4, -0.2) is 36.1 Å². The van der Waals surface area contributed by atoms with Gasteiger partial charge in [-0.1, -0.05) is 29.8 Å². The van der Waals surface area contributed by atoms with Gasteiger partial charge in [0.15, 0.2) is 0 Å². The summed E-state index contributed by atoms with van der Waals surface area (Å²) in [6.45, 7) is 5.14. The molecule has 3 rings (SSSR count). The van der Waals surface area contributed by atoms with Gasteiger partial charge in [-0.05, 0) is 38.3 Å². The molecular formula is C21H27N3O4. The lowest BCUT2D eigenvalue weighted by molar-refractivity contribution is 0.0961. The van der Waals surface area contributed by atoms with Crippen molar-refractivity contribution in [3.05, 3.63) is 69.1 Å². The van der Waals surface area contributed by atoms with Gasteiger partial charge in [-0.25, -0.2) is 0 Å².